The van der Waals surface area contributed by atoms with Gasteiger partial charge in [0.05, 0.1) is 34.4 Å². The van der Waals surface area contributed by atoms with Gasteiger partial charge in [-0.3, -0.25) is 0 Å². The number of anilines is 2. The van der Waals surface area contributed by atoms with E-state index in [-0.39, 0.29) is 29.7 Å². The largest absolute Gasteiger partial charge is 0.416 e. The predicted octanol–water partition coefficient (Wildman–Crippen LogP) is 7.34. The summed E-state index contributed by atoms with van der Waals surface area (Å²) in [6.07, 6.45) is -12.2. The van der Waals surface area contributed by atoms with E-state index in [0.717, 1.165) is 12.1 Å². The van der Waals surface area contributed by atoms with Gasteiger partial charge in [-0.2, -0.15) is 39.5 Å². The maximum Gasteiger partial charge on any atom is 0.416 e. The molecular weight excluding hydrogens is 623 g/mol. The Morgan fingerprint density at radius 3 is 1.82 bits per heavy atom. The smallest absolute Gasteiger partial charge is 0.378 e. The standard InChI is InChI=1S/C25H20BrF9N4O/c26-20-11-36-22(37-12-20)39(13-15-7-18(24(30,31)32)10-19(8-15)25(33,34)35)14-16-9-17(23(27,28)29)1-2-21(16)38-3-5-40-6-4-38/h1-2,7-12H,3-6,13-14H2. The van der Waals surface area contributed by atoms with Crippen LogP contribution in [-0.4, -0.2) is 36.3 Å². The highest BCUT2D eigenvalue weighted by Gasteiger charge is 2.37. The number of hydrogen-bond acceptors (Lipinski definition) is 5. The summed E-state index contributed by atoms with van der Waals surface area (Å²) >= 11 is 3.15. The van der Waals surface area contributed by atoms with E-state index in [4.69, 9.17) is 4.74 Å². The molecule has 1 aliphatic rings. The summed E-state index contributed by atoms with van der Waals surface area (Å²) in [5, 5.41) is 0. The molecule has 5 nitrogen and oxygen atoms in total. The second-order valence-corrected chi connectivity index (χ2v) is 9.83. The lowest BCUT2D eigenvalue weighted by Crippen LogP contribution is -2.37. The van der Waals surface area contributed by atoms with Gasteiger partial charge in [-0.1, -0.05) is 0 Å². The molecule has 2 heterocycles. The minimum absolute atomic E-state index is 0.00725. The van der Waals surface area contributed by atoms with Gasteiger partial charge in [0.1, 0.15) is 0 Å². The fourth-order valence-corrected chi connectivity index (χ4v) is 4.41. The second-order valence-electron chi connectivity index (χ2n) is 8.91. The lowest BCUT2D eigenvalue weighted by atomic mass is 10.0. The molecule has 216 valence electrons. The van der Waals surface area contributed by atoms with E-state index in [2.05, 4.69) is 25.9 Å². The SMILES string of the molecule is FC(F)(F)c1cc(CN(Cc2cc(C(F)(F)F)ccc2N2CCOCC2)c2ncc(Br)cn2)cc(C(F)(F)F)c1. The van der Waals surface area contributed by atoms with Gasteiger partial charge in [0.25, 0.3) is 0 Å². The third-order valence-electron chi connectivity index (χ3n) is 6.03. The number of alkyl halides is 9. The van der Waals surface area contributed by atoms with Crippen molar-refractivity contribution in [3.63, 3.8) is 0 Å². The van der Waals surface area contributed by atoms with E-state index < -0.39 is 41.8 Å². The van der Waals surface area contributed by atoms with Gasteiger partial charge in [0, 0.05) is 44.3 Å². The van der Waals surface area contributed by atoms with Gasteiger partial charge in [0.2, 0.25) is 5.95 Å². The normalized spacial score (nSPS) is 14.9. The molecule has 2 aromatic carbocycles. The monoisotopic (exact) mass is 642 g/mol. The van der Waals surface area contributed by atoms with Crippen molar-refractivity contribution in [1.82, 2.24) is 9.97 Å². The van der Waals surface area contributed by atoms with Crippen LogP contribution >= 0.6 is 15.9 Å². The number of rotatable bonds is 6. The average Bonchev–Trinajstić information content (AvgIpc) is 2.87. The number of aromatic nitrogens is 2. The van der Waals surface area contributed by atoms with Crippen LogP contribution in [0.25, 0.3) is 0 Å². The predicted molar refractivity (Wildman–Crippen MR) is 131 cm³/mol. The molecule has 1 fully saturated rings. The third kappa shape index (κ3) is 7.36. The van der Waals surface area contributed by atoms with Crippen LogP contribution in [0.4, 0.5) is 51.1 Å². The average molecular weight is 643 g/mol. The number of morpholine rings is 1. The number of nitrogens with zero attached hydrogens (tertiary/aromatic N) is 4. The summed E-state index contributed by atoms with van der Waals surface area (Å²) in [7, 11) is 0. The van der Waals surface area contributed by atoms with Crippen molar-refractivity contribution in [1.29, 1.82) is 0 Å². The van der Waals surface area contributed by atoms with E-state index in [0.29, 0.717) is 48.6 Å². The first-order valence-corrected chi connectivity index (χ1v) is 12.4. The third-order valence-corrected chi connectivity index (χ3v) is 6.44. The summed E-state index contributed by atoms with van der Waals surface area (Å²) < 4.78 is 127. The van der Waals surface area contributed by atoms with Crippen molar-refractivity contribution >= 4 is 27.6 Å². The zero-order chi connectivity index (χ0) is 29.3. The van der Waals surface area contributed by atoms with Crippen LogP contribution < -0.4 is 9.80 Å². The van der Waals surface area contributed by atoms with Crippen LogP contribution in [-0.2, 0) is 36.4 Å². The van der Waals surface area contributed by atoms with Crippen molar-refractivity contribution in [2.75, 3.05) is 36.1 Å². The Morgan fingerprint density at radius 2 is 1.30 bits per heavy atom. The Kier molecular flexibility index (Phi) is 8.54. The van der Waals surface area contributed by atoms with Gasteiger partial charge < -0.3 is 14.5 Å². The van der Waals surface area contributed by atoms with Crippen LogP contribution in [0.1, 0.15) is 27.8 Å². The summed E-state index contributed by atoms with van der Waals surface area (Å²) in [6, 6.07) is 4.25. The van der Waals surface area contributed by atoms with E-state index in [1.54, 1.807) is 4.90 Å². The van der Waals surface area contributed by atoms with E-state index in [9.17, 15) is 39.5 Å². The Hall–Kier alpha value is -3.07. The Balaban J connectivity index is 1.81. The van der Waals surface area contributed by atoms with Gasteiger partial charge in [-0.25, -0.2) is 9.97 Å². The Bertz CT molecular complexity index is 1290. The molecular formula is C25H20BrF9N4O. The highest BCUT2D eigenvalue weighted by atomic mass is 79.9. The fourth-order valence-electron chi connectivity index (χ4n) is 4.20. The number of halogens is 10. The maximum absolute atomic E-state index is 13.6. The molecule has 0 saturated carbocycles. The van der Waals surface area contributed by atoms with Crippen LogP contribution in [0.3, 0.4) is 0 Å². The highest BCUT2D eigenvalue weighted by Crippen LogP contribution is 2.38. The Labute approximate surface area is 230 Å². The lowest BCUT2D eigenvalue weighted by Gasteiger charge is -2.32. The fraction of sp³-hybridized carbons (Fsp3) is 0.360. The summed E-state index contributed by atoms with van der Waals surface area (Å²) in [5.74, 6) is -0.112. The molecule has 0 amide bonds. The maximum atomic E-state index is 13.6. The Morgan fingerprint density at radius 1 is 0.750 bits per heavy atom. The first-order chi connectivity index (χ1) is 18.6. The number of hydrogen-bond donors (Lipinski definition) is 0. The minimum atomic E-state index is -5.07. The first-order valence-electron chi connectivity index (χ1n) is 11.6. The van der Waals surface area contributed by atoms with E-state index in [1.807, 2.05) is 0 Å². The topological polar surface area (TPSA) is 41.5 Å². The van der Waals surface area contributed by atoms with Crippen molar-refractivity contribution in [3.8, 4) is 0 Å². The molecule has 0 atom stereocenters. The molecule has 1 aliphatic heterocycles. The molecule has 0 bridgehead atoms. The molecule has 0 N–H and O–H groups in total. The molecule has 3 aromatic rings. The molecule has 1 saturated heterocycles. The van der Waals surface area contributed by atoms with Crippen molar-refractivity contribution in [3.05, 3.63) is 81.1 Å². The van der Waals surface area contributed by atoms with Crippen LogP contribution in [0.2, 0.25) is 0 Å². The molecule has 0 unspecified atom stereocenters. The quantitative estimate of drug-likeness (QED) is 0.263. The summed E-state index contributed by atoms with van der Waals surface area (Å²) in [6.45, 7) is 0.476. The van der Waals surface area contributed by atoms with Crippen molar-refractivity contribution in [2.24, 2.45) is 0 Å². The van der Waals surface area contributed by atoms with Crippen LogP contribution in [0.15, 0.2) is 53.3 Å². The number of benzene rings is 2. The summed E-state index contributed by atoms with van der Waals surface area (Å²) in [5.41, 5.74) is -3.82. The zero-order valence-corrected chi connectivity index (χ0v) is 21.9. The first kappa shape index (κ1) is 29.9. The zero-order valence-electron chi connectivity index (χ0n) is 20.3. The van der Waals surface area contributed by atoms with Crippen molar-refractivity contribution < 1.29 is 44.3 Å². The van der Waals surface area contributed by atoms with E-state index in [1.165, 1.54) is 23.4 Å². The van der Waals surface area contributed by atoms with Crippen molar-refractivity contribution in [2.45, 2.75) is 31.6 Å². The molecule has 40 heavy (non-hydrogen) atoms. The molecule has 4 rings (SSSR count). The van der Waals surface area contributed by atoms with Crippen LogP contribution in [0.5, 0.6) is 0 Å². The molecule has 0 aliphatic carbocycles. The molecule has 0 radical (unpaired) electrons. The molecule has 1 aromatic heterocycles. The summed E-state index contributed by atoms with van der Waals surface area (Å²) in [4.78, 5) is 11.2. The molecule has 15 heteroatoms. The van der Waals surface area contributed by atoms with Gasteiger partial charge in [-0.15, -0.1) is 0 Å². The minimum Gasteiger partial charge on any atom is -0.378 e. The van der Waals surface area contributed by atoms with Gasteiger partial charge >= 0.3 is 18.5 Å². The molecule has 0 spiro atoms. The van der Waals surface area contributed by atoms with Gasteiger partial charge in [0.15, 0.2) is 0 Å². The van der Waals surface area contributed by atoms with Gasteiger partial charge in [-0.05, 0) is 63.5 Å². The highest BCUT2D eigenvalue weighted by molar-refractivity contribution is 9.10. The van der Waals surface area contributed by atoms with E-state index >= 15 is 0 Å². The lowest BCUT2D eigenvalue weighted by molar-refractivity contribution is -0.143. The second kappa shape index (κ2) is 11.4. The number of ether oxygens (including phenoxy) is 1. The van der Waals surface area contributed by atoms with Crippen LogP contribution in [0, 0.1) is 0 Å².